The van der Waals surface area contributed by atoms with E-state index >= 15 is 0 Å². The molecule has 0 fully saturated rings. The first kappa shape index (κ1) is 14.2. The van der Waals surface area contributed by atoms with Crippen LogP contribution < -0.4 is 5.32 Å². The molecule has 1 aromatic carbocycles. The maximum absolute atomic E-state index is 9.77. The van der Waals surface area contributed by atoms with Gasteiger partial charge in [0.25, 0.3) is 0 Å². The van der Waals surface area contributed by atoms with E-state index in [1.165, 1.54) is 11.1 Å². The van der Waals surface area contributed by atoms with Crippen LogP contribution in [-0.4, -0.2) is 43.3 Å². The Bertz CT molecular complexity index is 339. The second-order valence-corrected chi connectivity index (χ2v) is 4.96. The fraction of sp³-hybridized carbons (Fsp3) is 0.571. The average molecular weight is 236 g/mol. The summed E-state index contributed by atoms with van der Waals surface area (Å²) >= 11 is 0. The van der Waals surface area contributed by atoms with Gasteiger partial charge < -0.3 is 15.3 Å². The number of likely N-dealkylation sites (N-methyl/N-ethyl adjacent to an activating group) is 1. The molecule has 3 nitrogen and oxygen atoms in total. The van der Waals surface area contributed by atoms with E-state index in [0.29, 0.717) is 13.1 Å². The molecule has 0 spiro atoms. The van der Waals surface area contributed by atoms with Gasteiger partial charge in [0.05, 0.1) is 6.10 Å². The first-order valence-corrected chi connectivity index (χ1v) is 6.11. The quantitative estimate of drug-likeness (QED) is 0.787. The normalized spacial score (nSPS) is 14.9. The minimum absolute atomic E-state index is 0.270. The number of aliphatic hydroxyl groups excluding tert-OH is 1. The molecule has 1 unspecified atom stereocenters. The van der Waals surface area contributed by atoms with Gasteiger partial charge in [0.15, 0.2) is 0 Å². The van der Waals surface area contributed by atoms with Crippen LogP contribution in [0.3, 0.4) is 0 Å². The van der Waals surface area contributed by atoms with E-state index in [4.69, 9.17) is 0 Å². The molecule has 0 aliphatic heterocycles. The van der Waals surface area contributed by atoms with Crippen LogP contribution in [-0.2, 0) is 0 Å². The smallest absolute Gasteiger partial charge is 0.0791 e. The summed E-state index contributed by atoms with van der Waals surface area (Å²) in [5, 5.41) is 13.1. The fourth-order valence-electron chi connectivity index (χ4n) is 1.86. The van der Waals surface area contributed by atoms with Gasteiger partial charge in [-0.15, -0.1) is 0 Å². The molecule has 0 bridgehead atoms. The zero-order valence-corrected chi connectivity index (χ0v) is 11.3. The highest BCUT2D eigenvalue weighted by molar-refractivity contribution is 5.24. The molecule has 2 N–H and O–H groups in total. The Morgan fingerprint density at radius 3 is 2.65 bits per heavy atom. The van der Waals surface area contributed by atoms with Gasteiger partial charge in [-0.1, -0.05) is 29.8 Å². The van der Waals surface area contributed by atoms with Crippen molar-refractivity contribution in [3.8, 4) is 0 Å². The molecule has 0 saturated heterocycles. The molecule has 3 heteroatoms. The van der Waals surface area contributed by atoms with E-state index in [0.717, 1.165) is 0 Å². The van der Waals surface area contributed by atoms with Gasteiger partial charge in [-0.05, 0) is 33.5 Å². The molecule has 1 aromatic rings. The Morgan fingerprint density at radius 1 is 1.35 bits per heavy atom. The summed E-state index contributed by atoms with van der Waals surface area (Å²) in [7, 11) is 3.93. The number of aliphatic hydroxyl groups is 1. The number of benzene rings is 1. The highest BCUT2D eigenvalue weighted by Gasteiger charge is 2.09. The van der Waals surface area contributed by atoms with Crippen LogP contribution >= 0.6 is 0 Å². The minimum atomic E-state index is -0.322. The van der Waals surface area contributed by atoms with Crippen molar-refractivity contribution in [3.63, 3.8) is 0 Å². The molecule has 0 aliphatic rings. The number of nitrogens with one attached hydrogen (secondary N) is 1. The van der Waals surface area contributed by atoms with Gasteiger partial charge in [0, 0.05) is 19.1 Å². The molecule has 1 rings (SSSR count). The highest BCUT2D eigenvalue weighted by Crippen LogP contribution is 2.13. The van der Waals surface area contributed by atoms with Crippen molar-refractivity contribution in [2.24, 2.45) is 0 Å². The summed E-state index contributed by atoms with van der Waals surface area (Å²) in [6.07, 6.45) is -0.322. The van der Waals surface area contributed by atoms with E-state index in [2.05, 4.69) is 43.4 Å². The molecule has 0 radical (unpaired) electrons. The molecule has 0 aromatic heterocycles. The van der Waals surface area contributed by atoms with Gasteiger partial charge in [-0.3, -0.25) is 0 Å². The first-order chi connectivity index (χ1) is 7.99. The summed E-state index contributed by atoms with van der Waals surface area (Å²) in [4.78, 5) is 1.99. The number of hydrogen-bond acceptors (Lipinski definition) is 3. The lowest BCUT2D eigenvalue weighted by molar-refractivity contribution is 0.132. The lowest BCUT2D eigenvalue weighted by Crippen LogP contribution is -2.36. The van der Waals surface area contributed by atoms with E-state index in [-0.39, 0.29) is 12.1 Å². The molecule has 17 heavy (non-hydrogen) atoms. The van der Waals surface area contributed by atoms with Gasteiger partial charge in [0.2, 0.25) is 0 Å². The summed E-state index contributed by atoms with van der Waals surface area (Å²) in [6, 6.07) is 8.72. The summed E-state index contributed by atoms with van der Waals surface area (Å²) in [6.45, 7) is 5.52. The molecule has 0 heterocycles. The van der Waals surface area contributed by atoms with E-state index < -0.39 is 0 Å². The molecule has 0 amide bonds. The molecule has 2 atom stereocenters. The van der Waals surface area contributed by atoms with Crippen LogP contribution in [0.4, 0.5) is 0 Å². The van der Waals surface area contributed by atoms with Gasteiger partial charge in [-0.25, -0.2) is 0 Å². The SMILES string of the molecule is Cc1cccc([C@H](C)NCC(O)CN(C)C)c1. The van der Waals surface area contributed by atoms with Crippen molar-refractivity contribution < 1.29 is 5.11 Å². The van der Waals surface area contributed by atoms with Gasteiger partial charge in [-0.2, -0.15) is 0 Å². The zero-order valence-electron chi connectivity index (χ0n) is 11.3. The zero-order chi connectivity index (χ0) is 12.8. The van der Waals surface area contributed by atoms with Crippen molar-refractivity contribution in [2.75, 3.05) is 27.2 Å². The van der Waals surface area contributed by atoms with Gasteiger partial charge in [0.1, 0.15) is 0 Å². The molecule has 0 aliphatic carbocycles. The minimum Gasteiger partial charge on any atom is -0.390 e. The van der Waals surface area contributed by atoms with E-state index in [1.54, 1.807) is 0 Å². The number of aryl methyl sites for hydroxylation is 1. The second-order valence-electron chi connectivity index (χ2n) is 4.96. The van der Waals surface area contributed by atoms with Crippen molar-refractivity contribution in [3.05, 3.63) is 35.4 Å². The third-order valence-electron chi connectivity index (χ3n) is 2.78. The molecular formula is C14H24N2O. The van der Waals surface area contributed by atoms with Gasteiger partial charge >= 0.3 is 0 Å². The van der Waals surface area contributed by atoms with Crippen molar-refractivity contribution >= 4 is 0 Å². The predicted molar refractivity (Wildman–Crippen MR) is 72.2 cm³/mol. The molecule has 96 valence electrons. The highest BCUT2D eigenvalue weighted by atomic mass is 16.3. The monoisotopic (exact) mass is 236 g/mol. The summed E-state index contributed by atoms with van der Waals surface area (Å²) < 4.78 is 0. The van der Waals surface area contributed by atoms with Crippen LogP contribution in [0.5, 0.6) is 0 Å². The Morgan fingerprint density at radius 2 is 2.06 bits per heavy atom. The van der Waals surface area contributed by atoms with E-state index in [1.807, 2.05) is 19.0 Å². The number of rotatable bonds is 6. The van der Waals surface area contributed by atoms with Crippen molar-refractivity contribution in [1.29, 1.82) is 0 Å². The topological polar surface area (TPSA) is 35.5 Å². The summed E-state index contributed by atoms with van der Waals surface area (Å²) in [5.41, 5.74) is 2.53. The van der Waals surface area contributed by atoms with Crippen LogP contribution in [0.2, 0.25) is 0 Å². The second kappa shape index (κ2) is 6.74. The summed E-state index contributed by atoms with van der Waals surface area (Å²) in [5.74, 6) is 0. The lowest BCUT2D eigenvalue weighted by Gasteiger charge is -2.20. The largest absolute Gasteiger partial charge is 0.390 e. The Kier molecular flexibility index (Phi) is 5.62. The predicted octanol–water partition coefficient (Wildman–Crippen LogP) is 1.57. The Labute approximate surface area is 104 Å². The third-order valence-corrected chi connectivity index (χ3v) is 2.78. The standard InChI is InChI=1S/C14H24N2O/c1-11-6-5-7-13(8-11)12(2)15-9-14(17)10-16(3)4/h5-8,12,14-15,17H,9-10H2,1-4H3/t12-,14?/m0/s1. The van der Waals surface area contributed by atoms with E-state index in [9.17, 15) is 5.11 Å². The first-order valence-electron chi connectivity index (χ1n) is 6.11. The Hall–Kier alpha value is -0.900. The van der Waals surface area contributed by atoms with Crippen LogP contribution in [0.25, 0.3) is 0 Å². The Balaban J connectivity index is 2.42. The number of nitrogens with zero attached hydrogens (tertiary/aromatic N) is 1. The van der Waals surface area contributed by atoms with Crippen LogP contribution in [0.15, 0.2) is 24.3 Å². The molecule has 0 saturated carbocycles. The maximum Gasteiger partial charge on any atom is 0.0791 e. The number of hydrogen-bond donors (Lipinski definition) is 2. The fourth-order valence-corrected chi connectivity index (χ4v) is 1.86. The van der Waals surface area contributed by atoms with Crippen LogP contribution in [0, 0.1) is 6.92 Å². The van der Waals surface area contributed by atoms with Crippen LogP contribution in [0.1, 0.15) is 24.1 Å². The third kappa shape index (κ3) is 5.31. The maximum atomic E-state index is 9.77. The lowest BCUT2D eigenvalue weighted by atomic mass is 10.1. The van der Waals surface area contributed by atoms with Crippen molar-refractivity contribution in [2.45, 2.75) is 26.0 Å². The molecular weight excluding hydrogens is 212 g/mol. The van der Waals surface area contributed by atoms with Crippen molar-refractivity contribution in [1.82, 2.24) is 10.2 Å². The average Bonchev–Trinajstić information content (AvgIpc) is 2.25.